The largest absolute Gasteiger partial charge is 0.478 e. The van der Waals surface area contributed by atoms with Crippen LogP contribution in [-0.2, 0) is 11.3 Å². The van der Waals surface area contributed by atoms with E-state index in [4.69, 9.17) is 9.84 Å². The molecule has 2 aromatic carbocycles. The average Bonchev–Trinajstić information content (AvgIpc) is 2.60. The van der Waals surface area contributed by atoms with Crippen molar-refractivity contribution in [1.29, 1.82) is 0 Å². The standard InChI is InChI=1S/C20H22N2O4/c1-13-7-8-15(19(23)24)9-18(13)21-16-10-17(11-16)22-20(25)26-12-14-5-3-2-4-6-14/h2-9,16-17,21H,10-12H2,1H3,(H,22,25)(H,23,24). The zero-order valence-corrected chi connectivity index (χ0v) is 14.6. The summed E-state index contributed by atoms with van der Waals surface area (Å²) >= 11 is 0. The smallest absolute Gasteiger partial charge is 0.407 e. The van der Waals surface area contributed by atoms with Crippen molar-refractivity contribution in [2.75, 3.05) is 5.32 Å². The molecule has 1 aliphatic carbocycles. The number of benzene rings is 2. The third-order valence-electron chi connectivity index (χ3n) is 4.52. The van der Waals surface area contributed by atoms with E-state index in [1.54, 1.807) is 18.2 Å². The van der Waals surface area contributed by atoms with Crippen molar-refractivity contribution < 1.29 is 19.4 Å². The summed E-state index contributed by atoms with van der Waals surface area (Å²) in [5.41, 5.74) is 3.02. The van der Waals surface area contributed by atoms with E-state index in [0.29, 0.717) is 0 Å². The summed E-state index contributed by atoms with van der Waals surface area (Å²) in [6.07, 6.45) is 1.13. The van der Waals surface area contributed by atoms with Crippen LogP contribution in [0.5, 0.6) is 0 Å². The minimum absolute atomic E-state index is 0.0683. The fourth-order valence-corrected chi connectivity index (χ4v) is 2.92. The summed E-state index contributed by atoms with van der Waals surface area (Å²) in [6, 6.07) is 14.8. The molecule has 6 heteroatoms. The van der Waals surface area contributed by atoms with Gasteiger partial charge in [-0.1, -0.05) is 36.4 Å². The molecule has 0 aliphatic heterocycles. The Morgan fingerprint density at radius 3 is 2.54 bits per heavy atom. The number of carbonyl (C=O) groups excluding carboxylic acids is 1. The summed E-state index contributed by atoms with van der Waals surface area (Å²) in [5, 5.41) is 15.3. The van der Waals surface area contributed by atoms with Crippen molar-refractivity contribution in [3.8, 4) is 0 Å². The highest BCUT2D eigenvalue weighted by molar-refractivity contribution is 5.89. The number of ether oxygens (including phenoxy) is 1. The molecule has 1 amide bonds. The zero-order chi connectivity index (χ0) is 18.5. The van der Waals surface area contributed by atoms with Gasteiger partial charge in [0.25, 0.3) is 0 Å². The van der Waals surface area contributed by atoms with E-state index in [2.05, 4.69) is 10.6 Å². The molecule has 0 unspecified atom stereocenters. The van der Waals surface area contributed by atoms with Crippen LogP contribution in [0, 0.1) is 6.92 Å². The third-order valence-corrected chi connectivity index (χ3v) is 4.52. The first-order valence-electron chi connectivity index (χ1n) is 8.59. The molecule has 0 bridgehead atoms. The maximum Gasteiger partial charge on any atom is 0.407 e. The summed E-state index contributed by atoms with van der Waals surface area (Å²) in [5.74, 6) is -0.942. The molecule has 2 aromatic rings. The van der Waals surface area contributed by atoms with Crippen molar-refractivity contribution in [3.63, 3.8) is 0 Å². The van der Waals surface area contributed by atoms with Crippen molar-refractivity contribution in [2.45, 2.75) is 38.5 Å². The first-order valence-corrected chi connectivity index (χ1v) is 8.59. The third kappa shape index (κ3) is 4.53. The van der Waals surface area contributed by atoms with Crippen LogP contribution in [0.15, 0.2) is 48.5 Å². The molecular weight excluding hydrogens is 332 g/mol. The number of anilines is 1. The molecule has 0 radical (unpaired) electrons. The lowest BCUT2D eigenvalue weighted by Gasteiger charge is -2.37. The Bertz CT molecular complexity index is 786. The molecule has 0 heterocycles. The number of aromatic carboxylic acids is 1. The predicted molar refractivity (Wildman–Crippen MR) is 98.3 cm³/mol. The van der Waals surface area contributed by atoms with Gasteiger partial charge in [0.2, 0.25) is 0 Å². The molecule has 0 atom stereocenters. The van der Waals surface area contributed by atoms with Crippen LogP contribution in [0.4, 0.5) is 10.5 Å². The van der Waals surface area contributed by atoms with Gasteiger partial charge in [0.05, 0.1) is 5.56 Å². The molecular formula is C20H22N2O4. The van der Waals surface area contributed by atoms with Gasteiger partial charge in [-0.25, -0.2) is 9.59 Å². The number of rotatable bonds is 6. The van der Waals surface area contributed by atoms with E-state index < -0.39 is 12.1 Å². The van der Waals surface area contributed by atoms with Crippen LogP contribution >= 0.6 is 0 Å². The lowest BCUT2D eigenvalue weighted by molar-refractivity contribution is 0.0696. The summed E-state index contributed by atoms with van der Waals surface area (Å²) in [7, 11) is 0. The minimum Gasteiger partial charge on any atom is -0.478 e. The lowest BCUT2D eigenvalue weighted by atomic mass is 9.86. The molecule has 1 fully saturated rings. The maximum absolute atomic E-state index is 11.8. The van der Waals surface area contributed by atoms with E-state index in [0.717, 1.165) is 29.7 Å². The van der Waals surface area contributed by atoms with Crippen molar-refractivity contribution in [1.82, 2.24) is 5.32 Å². The van der Waals surface area contributed by atoms with Crippen LogP contribution in [0.2, 0.25) is 0 Å². The number of carboxylic acids is 1. The molecule has 1 aliphatic rings. The Morgan fingerprint density at radius 1 is 1.12 bits per heavy atom. The number of hydrogen-bond acceptors (Lipinski definition) is 4. The fraction of sp³-hybridized carbons (Fsp3) is 0.300. The summed E-state index contributed by atoms with van der Waals surface area (Å²) < 4.78 is 5.21. The highest BCUT2D eigenvalue weighted by Gasteiger charge is 2.31. The SMILES string of the molecule is Cc1ccc(C(=O)O)cc1NC1CC(NC(=O)OCc2ccccc2)C1. The fourth-order valence-electron chi connectivity index (χ4n) is 2.92. The van der Waals surface area contributed by atoms with Gasteiger partial charge in [0, 0.05) is 17.8 Å². The van der Waals surface area contributed by atoms with Crippen LogP contribution in [0.25, 0.3) is 0 Å². The maximum atomic E-state index is 11.8. The Hall–Kier alpha value is -3.02. The van der Waals surface area contributed by atoms with Gasteiger partial charge >= 0.3 is 12.1 Å². The van der Waals surface area contributed by atoms with Gasteiger partial charge in [-0.15, -0.1) is 0 Å². The van der Waals surface area contributed by atoms with Gasteiger partial charge < -0.3 is 20.5 Å². The predicted octanol–water partition coefficient (Wildman–Crippen LogP) is 3.56. The van der Waals surface area contributed by atoms with Gasteiger partial charge in [-0.3, -0.25) is 0 Å². The minimum atomic E-state index is -0.942. The Labute approximate surface area is 152 Å². The molecule has 1 saturated carbocycles. The van der Waals surface area contributed by atoms with Gasteiger partial charge in [0.15, 0.2) is 0 Å². The number of alkyl carbamates (subject to hydrolysis) is 1. The van der Waals surface area contributed by atoms with E-state index in [9.17, 15) is 9.59 Å². The molecule has 136 valence electrons. The molecule has 3 rings (SSSR count). The monoisotopic (exact) mass is 354 g/mol. The number of amides is 1. The zero-order valence-electron chi connectivity index (χ0n) is 14.6. The number of nitrogens with one attached hydrogen (secondary N) is 2. The first-order chi connectivity index (χ1) is 12.5. The Balaban J connectivity index is 1.42. The second-order valence-corrected chi connectivity index (χ2v) is 6.55. The van der Waals surface area contributed by atoms with E-state index >= 15 is 0 Å². The quantitative estimate of drug-likeness (QED) is 0.738. The molecule has 0 spiro atoms. The number of carboxylic acid groups (broad SMARTS) is 1. The highest BCUT2D eigenvalue weighted by Crippen LogP contribution is 2.27. The molecule has 6 nitrogen and oxygen atoms in total. The number of carbonyl (C=O) groups is 2. The normalized spacial score (nSPS) is 18.5. The second-order valence-electron chi connectivity index (χ2n) is 6.55. The molecule has 0 aromatic heterocycles. The topological polar surface area (TPSA) is 87.7 Å². The van der Waals surface area contributed by atoms with Crippen molar-refractivity contribution >= 4 is 17.7 Å². The molecule has 0 saturated heterocycles. The summed E-state index contributed by atoms with van der Waals surface area (Å²) in [4.78, 5) is 22.9. The van der Waals surface area contributed by atoms with Crippen LogP contribution in [0.1, 0.15) is 34.3 Å². The van der Waals surface area contributed by atoms with Crippen LogP contribution < -0.4 is 10.6 Å². The van der Waals surface area contributed by atoms with Crippen LogP contribution in [-0.4, -0.2) is 29.3 Å². The molecule has 3 N–H and O–H groups in total. The molecule has 26 heavy (non-hydrogen) atoms. The Morgan fingerprint density at radius 2 is 1.85 bits per heavy atom. The van der Waals surface area contributed by atoms with E-state index in [-0.39, 0.29) is 24.3 Å². The lowest BCUT2D eigenvalue weighted by Crippen LogP contribution is -2.49. The van der Waals surface area contributed by atoms with Crippen molar-refractivity contribution in [3.05, 3.63) is 65.2 Å². The number of hydrogen-bond donors (Lipinski definition) is 3. The van der Waals surface area contributed by atoms with Gasteiger partial charge in [-0.2, -0.15) is 0 Å². The first kappa shape index (κ1) is 17.8. The second kappa shape index (κ2) is 7.91. The van der Waals surface area contributed by atoms with Gasteiger partial charge in [0.1, 0.15) is 6.61 Å². The van der Waals surface area contributed by atoms with E-state index in [1.165, 1.54) is 0 Å². The van der Waals surface area contributed by atoms with Gasteiger partial charge in [-0.05, 0) is 43.0 Å². The van der Waals surface area contributed by atoms with Crippen LogP contribution in [0.3, 0.4) is 0 Å². The van der Waals surface area contributed by atoms with Crippen molar-refractivity contribution in [2.24, 2.45) is 0 Å². The average molecular weight is 354 g/mol. The highest BCUT2D eigenvalue weighted by atomic mass is 16.5. The summed E-state index contributed by atoms with van der Waals surface area (Å²) in [6.45, 7) is 2.19. The number of aryl methyl sites for hydroxylation is 1. The van der Waals surface area contributed by atoms with E-state index in [1.807, 2.05) is 37.3 Å². The Kier molecular flexibility index (Phi) is 5.41.